The summed E-state index contributed by atoms with van der Waals surface area (Å²) in [6.45, 7) is 1.86. The molecule has 0 unspecified atom stereocenters. The SMILES string of the molecule is Cc1ccc(NC(=O)CN2C(=O)/C(=C/c3ccc(Cl)cc3)SC2=S)cc1. The van der Waals surface area contributed by atoms with Crippen LogP contribution >= 0.6 is 35.6 Å². The number of amides is 2. The zero-order chi connectivity index (χ0) is 18.7. The van der Waals surface area contributed by atoms with E-state index in [0.29, 0.717) is 19.9 Å². The van der Waals surface area contributed by atoms with E-state index >= 15 is 0 Å². The van der Waals surface area contributed by atoms with Crippen molar-refractivity contribution in [3.8, 4) is 0 Å². The summed E-state index contributed by atoms with van der Waals surface area (Å²) in [5.74, 6) is -0.563. The number of anilines is 1. The predicted molar refractivity (Wildman–Crippen MR) is 111 cm³/mol. The van der Waals surface area contributed by atoms with Crippen LogP contribution in [0.3, 0.4) is 0 Å². The fraction of sp³-hybridized carbons (Fsp3) is 0.105. The van der Waals surface area contributed by atoms with Crippen LogP contribution in [-0.4, -0.2) is 27.6 Å². The van der Waals surface area contributed by atoms with Crippen molar-refractivity contribution in [2.24, 2.45) is 0 Å². The van der Waals surface area contributed by atoms with Gasteiger partial charge < -0.3 is 5.32 Å². The molecule has 0 bridgehead atoms. The van der Waals surface area contributed by atoms with E-state index in [9.17, 15) is 9.59 Å². The number of halogens is 1. The number of nitrogens with one attached hydrogen (secondary N) is 1. The topological polar surface area (TPSA) is 49.4 Å². The first-order valence-corrected chi connectivity index (χ1v) is 9.40. The molecule has 7 heteroatoms. The molecule has 1 N–H and O–H groups in total. The van der Waals surface area contributed by atoms with Crippen molar-refractivity contribution in [3.05, 3.63) is 69.6 Å². The highest BCUT2D eigenvalue weighted by Crippen LogP contribution is 2.32. The van der Waals surface area contributed by atoms with E-state index in [2.05, 4.69) is 5.32 Å². The molecule has 1 aliphatic heterocycles. The molecule has 1 saturated heterocycles. The minimum absolute atomic E-state index is 0.115. The Labute approximate surface area is 166 Å². The number of hydrogen-bond donors (Lipinski definition) is 1. The van der Waals surface area contributed by atoms with Crippen LogP contribution in [0.2, 0.25) is 5.02 Å². The van der Waals surface area contributed by atoms with Gasteiger partial charge in [-0.25, -0.2) is 0 Å². The van der Waals surface area contributed by atoms with Crippen molar-refractivity contribution < 1.29 is 9.59 Å². The molecule has 0 spiro atoms. The molecule has 2 aromatic carbocycles. The Morgan fingerprint density at radius 3 is 2.50 bits per heavy atom. The van der Waals surface area contributed by atoms with Crippen molar-refractivity contribution in [1.29, 1.82) is 0 Å². The molecule has 0 aliphatic carbocycles. The Kier molecular flexibility index (Phi) is 5.76. The summed E-state index contributed by atoms with van der Waals surface area (Å²) in [5, 5.41) is 3.40. The van der Waals surface area contributed by atoms with Crippen LogP contribution in [0.15, 0.2) is 53.4 Å². The summed E-state index contributed by atoms with van der Waals surface area (Å²) >= 11 is 12.3. The monoisotopic (exact) mass is 402 g/mol. The molecule has 0 saturated carbocycles. The van der Waals surface area contributed by atoms with E-state index in [1.54, 1.807) is 18.2 Å². The molecule has 2 amide bonds. The van der Waals surface area contributed by atoms with E-state index in [1.165, 1.54) is 16.7 Å². The van der Waals surface area contributed by atoms with Gasteiger partial charge in [-0.2, -0.15) is 0 Å². The number of hydrogen-bond acceptors (Lipinski definition) is 4. The molecule has 0 atom stereocenters. The maximum atomic E-state index is 12.6. The van der Waals surface area contributed by atoms with Gasteiger partial charge in [-0.15, -0.1) is 0 Å². The largest absolute Gasteiger partial charge is 0.325 e. The third-order valence-electron chi connectivity index (χ3n) is 3.68. The molecular weight excluding hydrogens is 388 g/mol. The predicted octanol–water partition coefficient (Wildman–Crippen LogP) is 4.49. The van der Waals surface area contributed by atoms with Crippen LogP contribution < -0.4 is 5.32 Å². The van der Waals surface area contributed by atoms with Crippen molar-refractivity contribution in [2.75, 3.05) is 11.9 Å². The number of thiocarbonyl (C=S) groups is 1. The van der Waals surface area contributed by atoms with Crippen LogP contribution in [0.4, 0.5) is 5.69 Å². The Balaban J connectivity index is 1.67. The van der Waals surface area contributed by atoms with Gasteiger partial charge in [0.1, 0.15) is 10.9 Å². The molecule has 1 fully saturated rings. The van der Waals surface area contributed by atoms with Gasteiger partial charge in [-0.1, -0.05) is 65.4 Å². The second kappa shape index (κ2) is 8.03. The van der Waals surface area contributed by atoms with Crippen LogP contribution in [0, 0.1) is 6.92 Å². The van der Waals surface area contributed by atoms with Gasteiger partial charge in [0.2, 0.25) is 5.91 Å². The molecule has 1 aliphatic rings. The van der Waals surface area contributed by atoms with Gasteiger partial charge >= 0.3 is 0 Å². The summed E-state index contributed by atoms with van der Waals surface area (Å²) in [6, 6.07) is 14.6. The molecule has 3 rings (SSSR count). The average Bonchev–Trinajstić information content (AvgIpc) is 2.86. The summed E-state index contributed by atoms with van der Waals surface area (Å²) in [6.07, 6.45) is 1.74. The lowest BCUT2D eigenvalue weighted by Gasteiger charge is -2.14. The second-order valence-electron chi connectivity index (χ2n) is 5.73. The first-order valence-electron chi connectivity index (χ1n) is 7.80. The van der Waals surface area contributed by atoms with Crippen LogP contribution in [0.25, 0.3) is 6.08 Å². The third kappa shape index (κ3) is 4.52. The molecule has 26 heavy (non-hydrogen) atoms. The average molecular weight is 403 g/mol. The maximum absolute atomic E-state index is 12.6. The van der Waals surface area contributed by atoms with E-state index in [4.69, 9.17) is 23.8 Å². The molecule has 0 radical (unpaired) electrons. The van der Waals surface area contributed by atoms with Crippen molar-refractivity contribution in [2.45, 2.75) is 6.92 Å². The van der Waals surface area contributed by atoms with Gasteiger partial charge in [-0.05, 0) is 42.8 Å². The molecular formula is C19H15ClN2O2S2. The number of carbonyl (C=O) groups excluding carboxylic acids is 2. The molecule has 2 aromatic rings. The molecule has 0 aromatic heterocycles. The molecule has 132 valence electrons. The van der Waals surface area contributed by atoms with Crippen LogP contribution in [-0.2, 0) is 9.59 Å². The summed E-state index contributed by atoms with van der Waals surface area (Å²) in [5.41, 5.74) is 2.63. The summed E-state index contributed by atoms with van der Waals surface area (Å²) in [4.78, 5) is 26.6. The Bertz CT molecular complexity index is 893. The van der Waals surface area contributed by atoms with Gasteiger partial charge in [0.25, 0.3) is 5.91 Å². The highest BCUT2D eigenvalue weighted by atomic mass is 35.5. The number of rotatable bonds is 4. The van der Waals surface area contributed by atoms with Crippen LogP contribution in [0.1, 0.15) is 11.1 Å². The second-order valence-corrected chi connectivity index (χ2v) is 7.85. The minimum Gasteiger partial charge on any atom is -0.325 e. The normalized spacial score (nSPS) is 15.6. The van der Waals surface area contributed by atoms with Gasteiger partial charge in [0.15, 0.2) is 0 Å². The molecule has 4 nitrogen and oxygen atoms in total. The Morgan fingerprint density at radius 1 is 1.19 bits per heavy atom. The molecule has 1 heterocycles. The maximum Gasteiger partial charge on any atom is 0.266 e. The summed E-state index contributed by atoms with van der Waals surface area (Å²) in [7, 11) is 0. The number of carbonyl (C=O) groups is 2. The standard InChI is InChI=1S/C19H15ClN2O2S2/c1-12-2-8-15(9-3-12)21-17(23)11-22-18(24)16(26-19(22)25)10-13-4-6-14(20)7-5-13/h2-10H,11H2,1H3,(H,21,23)/b16-10-. The Morgan fingerprint density at radius 2 is 1.85 bits per heavy atom. The minimum atomic E-state index is -0.294. The summed E-state index contributed by atoms with van der Waals surface area (Å²) < 4.78 is 0.370. The van der Waals surface area contributed by atoms with Crippen molar-refractivity contribution in [1.82, 2.24) is 4.90 Å². The van der Waals surface area contributed by atoms with E-state index in [0.717, 1.165) is 11.1 Å². The smallest absolute Gasteiger partial charge is 0.266 e. The number of benzene rings is 2. The van der Waals surface area contributed by atoms with Gasteiger partial charge in [0.05, 0.1) is 4.91 Å². The first-order chi connectivity index (χ1) is 12.4. The van der Waals surface area contributed by atoms with Crippen LogP contribution in [0.5, 0.6) is 0 Å². The first kappa shape index (κ1) is 18.6. The Hall–Kier alpha value is -2.15. The van der Waals surface area contributed by atoms with Gasteiger partial charge in [-0.3, -0.25) is 14.5 Å². The third-order valence-corrected chi connectivity index (χ3v) is 5.31. The number of thioether (sulfide) groups is 1. The highest BCUT2D eigenvalue weighted by Gasteiger charge is 2.33. The fourth-order valence-electron chi connectivity index (χ4n) is 2.33. The van der Waals surface area contributed by atoms with E-state index in [1.807, 2.05) is 43.3 Å². The lowest BCUT2D eigenvalue weighted by atomic mass is 10.2. The quantitative estimate of drug-likeness (QED) is 0.604. The number of nitrogens with zero attached hydrogens (tertiary/aromatic N) is 1. The zero-order valence-corrected chi connectivity index (χ0v) is 16.3. The van der Waals surface area contributed by atoms with Crippen molar-refractivity contribution in [3.63, 3.8) is 0 Å². The fourth-order valence-corrected chi connectivity index (χ4v) is 3.71. The highest BCUT2D eigenvalue weighted by molar-refractivity contribution is 8.26. The lowest BCUT2D eigenvalue weighted by molar-refractivity contribution is -0.126. The van der Waals surface area contributed by atoms with E-state index < -0.39 is 0 Å². The van der Waals surface area contributed by atoms with E-state index in [-0.39, 0.29) is 18.4 Å². The zero-order valence-electron chi connectivity index (χ0n) is 13.9. The van der Waals surface area contributed by atoms with Crippen molar-refractivity contribution >= 4 is 63.5 Å². The lowest BCUT2D eigenvalue weighted by Crippen LogP contribution is -2.36. The van der Waals surface area contributed by atoms with Gasteiger partial charge in [0, 0.05) is 10.7 Å². The number of aryl methyl sites for hydroxylation is 1.